The van der Waals surface area contributed by atoms with Crippen molar-refractivity contribution in [2.45, 2.75) is 25.6 Å². The Hall–Kier alpha value is -1.35. The molecule has 0 saturated heterocycles. The average molecular weight is 192 g/mol. The van der Waals surface area contributed by atoms with E-state index in [9.17, 15) is 9.90 Å². The highest BCUT2D eigenvalue weighted by Crippen LogP contribution is 2.36. The number of benzene rings is 1. The van der Waals surface area contributed by atoms with Gasteiger partial charge in [-0.05, 0) is 25.5 Å². The number of hydrogen-bond acceptors (Lipinski definition) is 3. The smallest absolute Gasteiger partial charge is 0.339 e. The Balaban J connectivity index is 2.57. The van der Waals surface area contributed by atoms with Crippen LogP contribution in [0.4, 0.5) is 0 Å². The third kappa shape index (κ3) is 1.21. The number of aliphatic hydroxyl groups excluding tert-OH is 1. The van der Waals surface area contributed by atoms with Gasteiger partial charge in [-0.3, -0.25) is 0 Å². The first-order chi connectivity index (χ1) is 6.52. The molecule has 0 spiro atoms. The lowest BCUT2D eigenvalue weighted by Gasteiger charge is -2.35. The summed E-state index contributed by atoms with van der Waals surface area (Å²) in [7, 11) is 0. The first-order valence-electron chi connectivity index (χ1n) is 4.53. The zero-order chi connectivity index (χ0) is 10.3. The number of aliphatic hydroxyl groups is 1. The van der Waals surface area contributed by atoms with Gasteiger partial charge < -0.3 is 9.84 Å². The number of ether oxygens (including phenoxy) is 1. The summed E-state index contributed by atoms with van der Waals surface area (Å²) in [5.74, 6) is -0.365. The first-order valence-corrected chi connectivity index (χ1v) is 4.53. The van der Waals surface area contributed by atoms with Gasteiger partial charge in [-0.2, -0.15) is 0 Å². The molecule has 1 unspecified atom stereocenters. The zero-order valence-electron chi connectivity index (χ0n) is 8.15. The van der Waals surface area contributed by atoms with E-state index in [4.69, 9.17) is 4.74 Å². The fourth-order valence-corrected chi connectivity index (χ4v) is 1.65. The van der Waals surface area contributed by atoms with E-state index in [0.29, 0.717) is 11.1 Å². The Bertz CT molecular complexity index is 382. The second kappa shape index (κ2) is 2.82. The van der Waals surface area contributed by atoms with Crippen LogP contribution in [0.3, 0.4) is 0 Å². The van der Waals surface area contributed by atoms with E-state index in [1.54, 1.807) is 38.1 Å². The highest BCUT2D eigenvalue weighted by molar-refractivity contribution is 5.92. The predicted octanol–water partition coefficient (Wildman–Crippen LogP) is 1.67. The SMILES string of the molecule is CC1(C)OC(=O)c2ccccc2C1O. The van der Waals surface area contributed by atoms with Crippen LogP contribution in [0.25, 0.3) is 0 Å². The van der Waals surface area contributed by atoms with Crippen molar-refractivity contribution < 1.29 is 14.6 Å². The van der Waals surface area contributed by atoms with Crippen LogP contribution >= 0.6 is 0 Å². The Morgan fingerprint density at radius 2 is 2.00 bits per heavy atom. The van der Waals surface area contributed by atoms with Crippen molar-refractivity contribution in [1.82, 2.24) is 0 Å². The number of carbonyl (C=O) groups is 1. The summed E-state index contributed by atoms with van der Waals surface area (Å²) in [5, 5.41) is 9.93. The minimum atomic E-state index is -0.842. The van der Waals surface area contributed by atoms with Crippen LogP contribution in [0.2, 0.25) is 0 Å². The molecule has 0 aromatic heterocycles. The molecule has 74 valence electrons. The number of cyclic esters (lactones) is 1. The van der Waals surface area contributed by atoms with Gasteiger partial charge in [0.05, 0.1) is 5.56 Å². The first kappa shape index (κ1) is 9.21. The van der Waals surface area contributed by atoms with Crippen LogP contribution < -0.4 is 0 Å². The molecular weight excluding hydrogens is 180 g/mol. The third-order valence-electron chi connectivity index (χ3n) is 2.49. The van der Waals surface area contributed by atoms with Crippen molar-refractivity contribution in [2.24, 2.45) is 0 Å². The largest absolute Gasteiger partial charge is 0.453 e. The Kier molecular flexibility index (Phi) is 1.86. The van der Waals surface area contributed by atoms with E-state index < -0.39 is 11.7 Å². The molecule has 2 rings (SSSR count). The zero-order valence-corrected chi connectivity index (χ0v) is 8.15. The van der Waals surface area contributed by atoms with Crippen molar-refractivity contribution in [2.75, 3.05) is 0 Å². The maximum absolute atomic E-state index is 11.5. The molecule has 1 aliphatic rings. The van der Waals surface area contributed by atoms with E-state index in [1.165, 1.54) is 0 Å². The molecule has 3 heteroatoms. The maximum atomic E-state index is 11.5. The van der Waals surface area contributed by atoms with Crippen LogP contribution in [0, 0.1) is 0 Å². The fourth-order valence-electron chi connectivity index (χ4n) is 1.65. The highest BCUT2D eigenvalue weighted by atomic mass is 16.6. The van der Waals surface area contributed by atoms with Gasteiger partial charge in [-0.15, -0.1) is 0 Å². The number of hydrogen-bond donors (Lipinski definition) is 1. The van der Waals surface area contributed by atoms with E-state index in [2.05, 4.69) is 0 Å². The molecule has 1 N–H and O–H groups in total. The monoisotopic (exact) mass is 192 g/mol. The lowest BCUT2D eigenvalue weighted by molar-refractivity contribution is -0.0794. The molecule has 0 radical (unpaired) electrons. The van der Waals surface area contributed by atoms with Crippen LogP contribution in [-0.4, -0.2) is 16.7 Å². The van der Waals surface area contributed by atoms with Gasteiger partial charge >= 0.3 is 5.97 Å². The van der Waals surface area contributed by atoms with Crippen molar-refractivity contribution in [1.29, 1.82) is 0 Å². The molecule has 0 saturated carbocycles. The molecule has 1 aliphatic heterocycles. The van der Waals surface area contributed by atoms with Crippen LogP contribution in [0.5, 0.6) is 0 Å². The molecule has 0 aliphatic carbocycles. The lowest BCUT2D eigenvalue weighted by atomic mass is 9.88. The summed E-state index contributed by atoms with van der Waals surface area (Å²) < 4.78 is 5.12. The molecule has 0 fully saturated rings. The minimum Gasteiger partial charge on any atom is -0.453 e. The van der Waals surface area contributed by atoms with Gasteiger partial charge in [-0.25, -0.2) is 4.79 Å². The molecule has 0 bridgehead atoms. The second-order valence-corrected chi connectivity index (χ2v) is 3.98. The van der Waals surface area contributed by atoms with Gasteiger partial charge in [0.2, 0.25) is 0 Å². The Labute approximate surface area is 82.3 Å². The minimum absolute atomic E-state index is 0.365. The summed E-state index contributed by atoms with van der Waals surface area (Å²) in [6.07, 6.45) is -0.753. The second-order valence-electron chi connectivity index (χ2n) is 3.98. The number of esters is 1. The molecule has 1 atom stereocenters. The predicted molar refractivity (Wildman–Crippen MR) is 50.9 cm³/mol. The summed E-state index contributed by atoms with van der Waals surface area (Å²) >= 11 is 0. The van der Waals surface area contributed by atoms with Crippen LogP contribution in [-0.2, 0) is 4.74 Å². The number of fused-ring (bicyclic) bond motifs is 1. The molecule has 1 aromatic carbocycles. The van der Waals surface area contributed by atoms with Crippen molar-refractivity contribution in [3.63, 3.8) is 0 Å². The normalized spacial score (nSPS) is 23.9. The molecule has 3 nitrogen and oxygen atoms in total. The maximum Gasteiger partial charge on any atom is 0.339 e. The number of rotatable bonds is 0. The molecule has 14 heavy (non-hydrogen) atoms. The fraction of sp³-hybridized carbons (Fsp3) is 0.364. The van der Waals surface area contributed by atoms with Crippen LogP contribution in [0.1, 0.15) is 35.9 Å². The van der Waals surface area contributed by atoms with Gasteiger partial charge in [0.1, 0.15) is 11.7 Å². The van der Waals surface area contributed by atoms with Crippen molar-refractivity contribution >= 4 is 5.97 Å². The molecular formula is C11H12O3. The van der Waals surface area contributed by atoms with Gasteiger partial charge in [0.25, 0.3) is 0 Å². The van der Waals surface area contributed by atoms with Gasteiger partial charge in [-0.1, -0.05) is 18.2 Å². The Morgan fingerprint density at radius 1 is 1.36 bits per heavy atom. The molecule has 1 aromatic rings. The lowest BCUT2D eigenvalue weighted by Crippen LogP contribution is -2.40. The quantitative estimate of drug-likeness (QED) is 0.636. The summed E-state index contributed by atoms with van der Waals surface area (Å²) in [4.78, 5) is 11.5. The van der Waals surface area contributed by atoms with E-state index in [-0.39, 0.29) is 5.97 Å². The molecule has 1 heterocycles. The standard InChI is InChI=1S/C11H12O3/c1-11(2)9(12)7-5-3-4-6-8(7)10(13)14-11/h3-6,9,12H,1-2H3. The Morgan fingerprint density at radius 3 is 2.71 bits per heavy atom. The van der Waals surface area contributed by atoms with Crippen molar-refractivity contribution in [3.8, 4) is 0 Å². The van der Waals surface area contributed by atoms with Crippen LogP contribution in [0.15, 0.2) is 24.3 Å². The van der Waals surface area contributed by atoms with Gasteiger partial charge in [0, 0.05) is 0 Å². The summed E-state index contributed by atoms with van der Waals surface area (Å²) in [6.45, 7) is 3.40. The average Bonchev–Trinajstić information content (AvgIpc) is 2.14. The topological polar surface area (TPSA) is 46.5 Å². The van der Waals surface area contributed by atoms with Gasteiger partial charge in [0.15, 0.2) is 0 Å². The van der Waals surface area contributed by atoms with E-state index in [0.717, 1.165) is 0 Å². The van der Waals surface area contributed by atoms with E-state index in [1.807, 2.05) is 0 Å². The summed E-state index contributed by atoms with van der Waals surface area (Å²) in [5.41, 5.74) is 0.263. The summed E-state index contributed by atoms with van der Waals surface area (Å²) in [6, 6.07) is 6.97. The molecule has 0 amide bonds. The number of carbonyl (C=O) groups excluding carboxylic acids is 1. The third-order valence-corrected chi connectivity index (χ3v) is 2.49. The highest BCUT2D eigenvalue weighted by Gasteiger charge is 2.40. The van der Waals surface area contributed by atoms with E-state index >= 15 is 0 Å². The van der Waals surface area contributed by atoms with Crippen molar-refractivity contribution in [3.05, 3.63) is 35.4 Å².